The van der Waals surface area contributed by atoms with Crippen molar-refractivity contribution in [1.82, 2.24) is 0 Å². The highest BCUT2D eigenvalue weighted by molar-refractivity contribution is 5.48. The highest BCUT2D eigenvalue weighted by atomic mass is 16.5. The van der Waals surface area contributed by atoms with Crippen molar-refractivity contribution in [2.45, 2.75) is 32.4 Å². The molecule has 2 rings (SSSR count). The molecule has 0 aliphatic carbocycles. The number of anilines is 1. The van der Waals surface area contributed by atoms with Crippen LogP contribution in [-0.4, -0.2) is 25.8 Å². The van der Waals surface area contributed by atoms with Crippen molar-refractivity contribution in [2.75, 3.05) is 24.6 Å². The molecule has 3 nitrogen and oxygen atoms in total. The van der Waals surface area contributed by atoms with E-state index >= 15 is 0 Å². The first-order chi connectivity index (χ1) is 8.16. The fourth-order valence-electron chi connectivity index (χ4n) is 2.22. The second-order valence-electron chi connectivity index (χ2n) is 4.86. The van der Waals surface area contributed by atoms with E-state index in [1.54, 1.807) is 0 Å². The predicted octanol–water partition coefficient (Wildman–Crippen LogP) is 2.32. The zero-order valence-corrected chi connectivity index (χ0v) is 10.7. The van der Waals surface area contributed by atoms with E-state index in [0.29, 0.717) is 6.10 Å². The average Bonchev–Trinajstić information content (AvgIpc) is 2.54. The molecule has 0 bridgehead atoms. The maximum Gasteiger partial charge on any atom is 0.0721 e. The third-order valence-electron chi connectivity index (χ3n) is 3.24. The fraction of sp³-hybridized carbons (Fsp3) is 0.571. The smallest absolute Gasteiger partial charge is 0.0721 e. The van der Waals surface area contributed by atoms with E-state index in [4.69, 9.17) is 10.5 Å². The standard InChI is InChI=1S/C14H22N2O/c1-11-10-16(8-3-9-17-11)14-6-4-13(5-7-14)12(2)15/h4-7,11-12H,3,8-10,15H2,1-2H3. The van der Waals surface area contributed by atoms with Crippen LogP contribution in [0.1, 0.15) is 31.9 Å². The minimum Gasteiger partial charge on any atom is -0.377 e. The van der Waals surface area contributed by atoms with Crippen LogP contribution in [0.2, 0.25) is 0 Å². The number of rotatable bonds is 2. The molecular formula is C14H22N2O. The number of nitrogens with two attached hydrogens (primary N) is 1. The van der Waals surface area contributed by atoms with E-state index in [1.807, 2.05) is 6.92 Å². The Bertz CT molecular complexity index is 348. The van der Waals surface area contributed by atoms with Gasteiger partial charge in [-0.15, -0.1) is 0 Å². The van der Waals surface area contributed by atoms with Crippen LogP contribution in [0.4, 0.5) is 5.69 Å². The third kappa shape index (κ3) is 3.20. The molecule has 1 heterocycles. The van der Waals surface area contributed by atoms with Gasteiger partial charge in [0.2, 0.25) is 0 Å². The van der Waals surface area contributed by atoms with Crippen LogP contribution in [0.15, 0.2) is 24.3 Å². The van der Waals surface area contributed by atoms with Crippen LogP contribution in [-0.2, 0) is 4.74 Å². The third-order valence-corrected chi connectivity index (χ3v) is 3.24. The van der Waals surface area contributed by atoms with Gasteiger partial charge in [-0.1, -0.05) is 12.1 Å². The molecule has 0 aromatic heterocycles. The second kappa shape index (κ2) is 5.52. The van der Waals surface area contributed by atoms with Gasteiger partial charge in [0.25, 0.3) is 0 Å². The van der Waals surface area contributed by atoms with E-state index in [-0.39, 0.29) is 6.04 Å². The van der Waals surface area contributed by atoms with Gasteiger partial charge in [0.1, 0.15) is 0 Å². The van der Waals surface area contributed by atoms with E-state index in [2.05, 4.69) is 36.1 Å². The summed E-state index contributed by atoms with van der Waals surface area (Å²) in [5.74, 6) is 0. The Morgan fingerprint density at radius 3 is 2.71 bits per heavy atom. The minimum absolute atomic E-state index is 0.107. The molecule has 1 aliphatic heterocycles. The normalized spacial score (nSPS) is 23.2. The first kappa shape index (κ1) is 12.4. The van der Waals surface area contributed by atoms with Crippen molar-refractivity contribution < 1.29 is 4.74 Å². The van der Waals surface area contributed by atoms with E-state index < -0.39 is 0 Å². The van der Waals surface area contributed by atoms with E-state index in [0.717, 1.165) is 26.1 Å². The summed E-state index contributed by atoms with van der Waals surface area (Å²) in [6.07, 6.45) is 1.41. The molecule has 0 saturated carbocycles. The Kier molecular flexibility index (Phi) is 4.02. The topological polar surface area (TPSA) is 38.5 Å². The van der Waals surface area contributed by atoms with Crippen molar-refractivity contribution >= 4 is 5.69 Å². The summed E-state index contributed by atoms with van der Waals surface area (Å²) >= 11 is 0. The minimum atomic E-state index is 0.107. The average molecular weight is 234 g/mol. The Labute approximate surface area is 104 Å². The van der Waals surface area contributed by atoms with Crippen LogP contribution in [0.5, 0.6) is 0 Å². The molecule has 2 N–H and O–H groups in total. The van der Waals surface area contributed by atoms with Gasteiger partial charge in [-0.2, -0.15) is 0 Å². The van der Waals surface area contributed by atoms with Crippen LogP contribution in [0.3, 0.4) is 0 Å². The molecule has 1 aliphatic rings. The molecule has 2 unspecified atom stereocenters. The van der Waals surface area contributed by atoms with Gasteiger partial charge in [0.15, 0.2) is 0 Å². The zero-order valence-electron chi connectivity index (χ0n) is 10.7. The molecule has 3 heteroatoms. The van der Waals surface area contributed by atoms with Crippen molar-refractivity contribution in [2.24, 2.45) is 5.73 Å². The van der Waals surface area contributed by atoms with Crippen LogP contribution >= 0.6 is 0 Å². The lowest BCUT2D eigenvalue weighted by molar-refractivity contribution is 0.0821. The number of benzene rings is 1. The summed E-state index contributed by atoms with van der Waals surface area (Å²) < 4.78 is 5.65. The number of nitrogens with zero attached hydrogens (tertiary/aromatic N) is 1. The predicted molar refractivity (Wildman–Crippen MR) is 71.3 cm³/mol. The van der Waals surface area contributed by atoms with E-state index in [9.17, 15) is 0 Å². The van der Waals surface area contributed by atoms with Crippen molar-refractivity contribution in [3.8, 4) is 0 Å². The van der Waals surface area contributed by atoms with Gasteiger partial charge in [0, 0.05) is 31.4 Å². The van der Waals surface area contributed by atoms with Crippen molar-refractivity contribution in [1.29, 1.82) is 0 Å². The molecule has 1 saturated heterocycles. The summed E-state index contributed by atoms with van der Waals surface area (Å²) in [5, 5.41) is 0. The van der Waals surface area contributed by atoms with Crippen LogP contribution in [0, 0.1) is 0 Å². The Morgan fingerprint density at radius 1 is 1.35 bits per heavy atom. The molecule has 0 spiro atoms. The quantitative estimate of drug-likeness (QED) is 0.853. The van der Waals surface area contributed by atoms with Gasteiger partial charge in [0.05, 0.1) is 6.10 Å². The highest BCUT2D eigenvalue weighted by Gasteiger charge is 2.15. The lowest BCUT2D eigenvalue weighted by Gasteiger charge is -2.24. The number of hydrogen-bond acceptors (Lipinski definition) is 3. The van der Waals surface area contributed by atoms with Gasteiger partial charge in [-0.05, 0) is 38.0 Å². The molecule has 1 fully saturated rings. The number of hydrogen-bond donors (Lipinski definition) is 1. The second-order valence-corrected chi connectivity index (χ2v) is 4.86. The fourth-order valence-corrected chi connectivity index (χ4v) is 2.22. The monoisotopic (exact) mass is 234 g/mol. The van der Waals surface area contributed by atoms with Crippen molar-refractivity contribution in [3.63, 3.8) is 0 Å². The lowest BCUT2D eigenvalue weighted by atomic mass is 10.1. The molecule has 0 amide bonds. The number of ether oxygens (including phenoxy) is 1. The molecule has 1 aromatic carbocycles. The summed E-state index contributed by atoms with van der Waals surface area (Å²) in [4.78, 5) is 2.39. The maximum absolute atomic E-state index is 5.86. The van der Waals surface area contributed by atoms with Gasteiger partial charge in [-0.25, -0.2) is 0 Å². The van der Waals surface area contributed by atoms with E-state index in [1.165, 1.54) is 11.3 Å². The Morgan fingerprint density at radius 2 is 2.06 bits per heavy atom. The molecule has 2 atom stereocenters. The van der Waals surface area contributed by atoms with Gasteiger partial charge >= 0.3 is 0 Å². The summed E-state index contributed by atoms with van der Waals surface area (Å²) in [6.45, 7) is 7.06. The zero-order chi connectivity index (χ0) is 12.3. The highest BCUT2D eigenvalue weighted by Crippen LogP contribution is 2.20. The summed E-state index contributed by atoms with van der Waals surface area (Å²) in [6, 6.07) is 8.68. The van der Waals surface area contributed by atoms with Gasteiger partial charge in [-0.3, -0.25) is 0 Å². The Hall–Kier alpha value is -1.06. The summed E-state index contributed by atoms with van der Waals surface area (Å²) in [7, 11) is 0. The molecule has 17 heavy (non-hydrogen) atoms. The first-order valence-corrected chi connectivity index (χ1v) is 6.39. The molecule has 1 aromatic rings. The SMILES string of the molecule is CC1CN(c2ccc(C(C)N)cc2)CCCO1. The molecule has 0 radical (unpaired) electrons. The maximum atomic E-state index is 5.86. The van der Waals surface area contributed by atoms with Gasteiger partial charge < -0.3 is 15.4 Å². The summed E-state index contributed by atoms with van der Waals surface area (Å²) in [5.41, 5.74) is 8.31. The van der Waals surface area contributed by atoms with Crippen LogP contribution in [0.25, 0.3) is 0 Å². The van der Waals surface area contributed by atoms with Crippen LogP contribution < -0.4 is 10.6 Å². The van der Waals surface area contributed by atoms with Crippen molar-refractivity contribution in [3.05, 3.63) is 29.8 Å². The molecular weight excluding hydrogens is 212 g/mol. The largest absolute Gasteiger partial charge is 0.377 e. The molecule has 94 valence electrons. The lowest BCUT2D eigenvalue weighted by Crippen LogP contribution is -2.30. The first-order valence-electron chi connectivity index (χ1n) is 6.39. The Balaban J connectivity index is 2.10.